The number of rotatable bonds is 1. The number of nitriles is 1. The minimum Gasteiger partial charge on any atom is -0.293 e. The highest BCUT2D eigenvalue weighted by Gasteiger charge is 2.64. The number of ketones is 1. The molecule has 182 valence electrons. The zero-order chi connectivity index (χ0) is 24.9. The van der Waals surface area contributed by atoms with Gasteiger partial charge in [-0.1, -0.05) is 77.5 Å². The van der Waals surface area contributed by atoms with Gasteiger partial charge in [-0.2, -0.15) is 5.26 Å². The van der Waals surface area contributed by atoms with Crippen LogP contribution in [0.2, 0.25) is 0 Å². The zero-order valence-electron chi connectivity index (χ0n) is 22.3. The van der Waals surface area contributed by atoms with E-state index in [0.717, 1.165) is 12.8 Å². The molecule has 0 amide bonds. The lowest BCUT2D eigenvalue weighted by atomic mass is 9.38. The van der Waals surface area contributed by atoms with Crippen molar-refractivity contribution in [3.63, 3.8) is 0 Å². The lowest BCUT2D eigenvalue weighted by Crippen LogP contribution is -2.59. The summed E-state index contributed by atoms with van der Waals surface area (Å²) in [6.45, 7) is 22.9. The van der Waals surface area contributed by atoms with Crippen molar-refractivity contribution in [2.75, 3.05) is 0 Å². The molecule has 5 rings (SSSR count). The van der Waals surface area contributed by atoms with Gasteiger partial charge in [0.05, 0.1) is 5.57 Å². The number of fused-ring (bicyclic) bond motifs is 7. The maximum atomic E-state index is 13.2. The molecule has 7 atom stereocenters. The molecule has 0 aromatic rings. The van der Waals surface area contributed by atoms with Crippen molar-refractivity contribution in [2.45, 2.75) is 86.5 Å². The molecule has 0 aliphatic heterocycles. The molecule has 34 heavy (non-hydrogen) atoms. The number of Topliss-reactive ketones (excluding diaryl/α,β-unsaturated/α-hetero) is 1. The van der Waals surface area contributed by atoms with Crippen LogP contribution < -0.4 is 0 Å². The first kappa shape index (κ1) is 23.8. The molecule has 3 fully saturated rings. The zero-order valence-corrected chi connectivity index (χ0v) is 22.3. The number of nitrogens with zero attached hydrogens (tertiary/aromatic N) is 1. The molecule has 0 spiro atoms. The summed E-state index contributed by atoms with van der Waals surface area (Å²) in [6, 6.07) is 2.25. The second kappa shape index (κ2) is 7.09. The van der Waals surface area contributed by atoms with Gasteiger partial charge >= 0.3 is 0 Å². The number of carbonyl (C=O) groups is 1. The van der Waals surface area contributed by atoms with Gasteiger partial charge < -0.3 is 0 Å². The SMILES string of the molecule is C=CC12CCC3C(C(=C)C=C4C5(C)C=C(C#N)C(=O)C(C)(C)C5CCC43C)C1CC(C)(C)CC2. The molecule has 0 bridgehead atoms. The van der Waals surface area contributed by atoms with Crippen LogP contribution in [0.3, 0.4) is 0 Å². The van der Waals surface area contributed by atoms with Crippen molar-refractivity contribution in [2.24, 2.45) is 50.7 Å². The fraction of sp³-hybridized carbons (Fsp3) is 0.688. The van der Waals surface area contributed by atoms with Gasteiger partial charge in [-0.15, -0.1) is 6.58 Å². The summed E-state index contributed by atoms with van der Waals surface area (Å²) >= 11 is 0. The van der Waals surface area contributed by atoms with Gasteiger partial charge in [0.25, 0.3) is 0 Å². The first-order valence-corrected chi connectivity index (χ1v) is 13.5. The first-order chi connectivity index (χ1) is 15.8. The second-order valence-electron chi connectivity index (χ2n) is 14.2. The van der Waals surface area contributed by atoms with E-state index in [9.17, 15) is 10.1 Å². The van der Waals surface area contributed by atoms with Crippen LogP contribution in [-0.4, -0.2) is 5.78 Å². The van der Waals surface area contributed by atoms with Gasteiger partial charge in [0.1, 0.15) is 6.07 Å². The van der Waals surface area contributed by atoms with Gasteiger partial charge in [-0.25, -0.2) is 0 Å². The summed E-state index contributed by atoms with van der Waals surface area (Å²) in [7, 11) is 0. The Morgan fingerprint density at radius 2 is 1.74 bits per heavy atom. The summed E-state index contributed by atoms with van der Waals surface area (Å²) in [6.07, 6.45) is 15.2. The van der Waals surface area contributed by atoms with Crippen LogP contribution in [0.4, 0.5) is 0 Å². The Morgan fingerprint density at radius 1 is 1.03 bits per heavy atom. The highest BCUT2D eigenvalue weighted by atomic mass is 16.1. The van der Waals surface area contributed by atoms with Crippen molar-refractivity contribution >= 4 is 5.78 Å². The first-order valence-electron chi connectivity index (χ1n) is 13.5. The van der Waals surface area contributed by atoms with Crippen molar-refractivity contribution in [3.05, 3.63) is 48.1 Å². The molecular formula is C32H43NO. The van der Waals surface area contributed by atoms with Crippen molar-refractivity contribution in [1.82, 2.24) is 0 Å². The average Bonchev–Trinajstić information content (AvgIpc) is 2.77. The van der Waals surface area contributed by atoms with Gasteiger partial charge in [0.2, 0.25) is 0 Å². The largest absolute Gasteiger partial charge is 0.293 e. The van der Waals surface area contributed by atoms with Crippen LogP contribution in [0.5, 0.6) is 0 Å². The highest BCUT2D eigenvalue weighted by molar-refractivity contribution is 6.04. The van der Waals surface area contributed by atoms with Gasteiger partial charge in [-0.05, 0) is 84.9 Å². The Hall–Kier alpha value is -1.88. The molecule has 5 aliphatic carbocycles. The lowest BCUT2D eigenvalue weighted by molar-refractivity contribution is -0.132. The lowest BCUT2D eigenvalue weighted by Gasteiger charge is -2.66. The summed E-state index contributed by atoms with van der Waals surface area (Å²) in [4.78, 5) is 13.2. The van der Waals surface area contributed by atoms with Crippen LogP contribution in [0, 0.1) is 62.1 Å². The Balaban J connectivity index is 1.66. The molecular weight excluding hydrogens is 414 g/mol. The predicted molar refractivity (Wildman–Crippen MR) is 139 cm³/mol. The Kier molecular flexibility index (Phi) is 4.97. The van der Waals surface area contributed by atoms with Crippen LogP contribution in [-0.2, 0) is 4.79 Å². The fourth-order valence-electron chi connectivity index (χ4n) is 9.83. The van der Waals surface area contributed by atoms with E-state index in [1.807, 2.05) is 6.08 Å². The quantitative estimate of drug-likeness (QED) is 0.374. The molecule has 0 aromatic carbocycles. The van der Waals surface area contributed by atoms with Crippen molar-refractivity contribution < 1.29 is 4.79 Å². The second-order valence-corrected chi connectivity index (χ2v) is 14.2. The van der Waals surface area contributed by atoms with Crippen LogP contribution in [0.25, 0.3) is 0 Å². The molecule has 0 saturated heterocycles. The number of allylic oxidation sites excluding steroid dienone is 6. The highest BCUT2D eigenvalue weighted by Crippen LogP contribution is 2.71. The van der Waals surface area contributed by atoms with E-state index >= 15 is 0 Å². The number of hydrogen-bond acceptors (Lipinski definition) is 2. The normalized spacial score (nSPS) is 46.5. The van der Waals surface area contributed by atoms with Gasteiger partial charge in [0.15, 0.2) is 5.78 Å². The van der Waals surface area contributed by atoms with Crippen molar-refractivity contribution in [3.8, 4) is 6.07 Å². The molecule has 0 aromatic heterocycles. The van der Waals surface area contributed by atoms with E-state index < -0.39 is 5.41 Å². The molecule has 0 heterocycles. The standard InChI is InChI=1S/C32H43NO/c1-9-32-13-10-22-26(23(32)18-28(3,4)14-15-32)20(2)16-25-30(22,7)12-11-24-29(5,6)27(34)21(19-33)17-31(24,25)8/h9,16-17,22-24,26H,1-2,10-15,18H2,3-8H3. The molecule has 3 saturated carbocycles. The van der Waals surface area contributed by atoms with E-state index in [1.54, 1.807) is 0 Å². The van der Waals surface area contributed by atoms with E-state index in [1.165, 1.54) is 43.3 Å². The Labute approximate surface area is 207 Å². The van der Waals surface area contributed by atoms with Crippen LogP contribution >= 0.6 is 0 Å². The van der Waals surface area contributed by atoms with Crippen molar-refractivity contribution in [1.29, 1.82) is 5.26 Å². The summed E-state index contributed by atoms with van der Waals surface area (Å²) in [5.41, 5.74) is 2.98. The molecule has 5 aliphatic rings. The minimum absolute atomic E-state index is 0.0204. The smallest absolute Gasteiger partial charge is 0.178 e. The third-order valence-corrected chi connectivity index (χ3v) is 11.7. The summed E-state index contributed by atoms with van der Waals surface area (Å²) in [5.74, 6) is 1.92. The van der Waals surface area contributed by atoms with Gasteiger partial charge in [0, 0.05) is 10.8 Å². The number of carbonyl (C=O) groups excluding carboxylic acids is 1. The predicted octanol–water partition coefficient (Wildman–Crippen LogP) is 7.99. The Morgan fingerprint density at radius 3 is 2.38 bits per heavy atom. The van der Waals surface area contributed by atoms with Crippen LogP contribution in [0.15, 0.2) is 48.1 Å². The minimum atomic E-state index is -0.521. The molecule has 2 heteroatoms. The number of hydrogen-bond donors (Lipinski definition) is 0. The third-order valence-electron chi connectivity index (χ3n) is 11.7. The molecule has 7 unspecified atom stereocenters. The fourth-order valence-corrected chi connectivity index (χ4v) is 9.83. The summed E-state index contributed by atoms with van der Waals surface area (Å²) in [5, 5.41) is 9.85. The third kappa shape index (κ3) is 2.88. The van der Waals surface area contributed by atoms with Crippen LogP contribution in [0.1, 0.15) is 86.5 Å². The topological polar surface area (TPSA) is 40.9 Å². The monoisotopic (exact) mass is 457 g/mol. The average molecular weight is 458 g/mol. The maximum Gasteiger partial charge on any atom is 0.178 e. The maximum absolute atomic E-state index is 13.2. The van der Waals surface area contributed by atoms with E-state index in [0.29, 0.717) is 28.7 Å². The molecule has 2 nitrogen and oxygen atoms in total. The Bertz CT molecular complexity index is 1080. The van der Waals surface area contributed by atoms with E-state index in [2.05, 4.69) is 66.3 Å². The summed E-state index contributed by atoms with van der Waals surface area (Å²) < 4.78 is 0. The van der Waals surface area contributed by atoms with E-state index in [-0.39, 0.29) is 27.9 Å². The van der Waals surface area contributed by atoms with Gasteiger partial charge in [-0.3, -0.25) is 4.79 Å². The molecule has 0 N–H and O–H groups in total. The van der Waals surface area contributed by atoms with E-state index in [4.69, 9.17) is 6.58 Å². The molecule has 0 radical (unpaired) electrons.